The molecule has 0 aliphatic heterocycles. The van der Waals surface area contributed by atoms with Gasteiger partial charge < -0.3 is 9.72 Å². The smallest absolute Gasteiger partial charge is 0.243 e. The van der Waals surface area contributed by atoms with Crippen molar-refractivity contribution < 1.29 is 4.74 Å². The van der Waals surface area contributed by atoms with E-state index in [1.54, 1.807) is 12.5 Å². The fourth-order valence-corrected chi connectivity index (χ4v) is 1.48. The third-order valence-electron chi connectivity index (χ3n) is 2.27. The minimum absolute atomic E-state index is 0.367. The molecule has 3 aromatic rings. The summed E-state index contributed by atoms with van der Waals surface area (Å²) in [6.07, 6.45) is 4.72. The molecule has 0 aliphatic carbocycles. The highest BCUT2D eigenvalue weighted by molar-refractivity contribution is 5.74. The Morgan fingerprint density at radius 3 is 3.00 bits per heavy atom. The average molecular weight is 227 g/mol. The van der Waals surface area contributed by atoms with E-state index in [1.807, 2.05) is 18.2 Å². The second-order valence-corrected chi connectivity index (χ2v) is 3.39. The number of fused-ring (bicyclic) bond motifs is 1. The molecule has 3 heterocycles. The minimum atomic E-state index is 0.367. The molecule has 3 rings (SSSR count). The van der Waals surface area contributed by atoms with Crippen molar-refractivity contribution in [1.29, 1.82) is 0 Å². The molecule has 6 heteroatoms. The van der Waals surface area contributed by atoms with Crippen LogP contribution in [-0.2, 0) is 6.61 Å². The van der Waals surface area contributed by atoms with E-state index in [9.17, 15) is 0 Å². The lowest BCUT2D eigenvalue weighted by molar-refractivity contribution is 0.292. The van der Waals surface area contributed by atoms with E-state index in [0.717, 1.165) is 5.69 Å². The monoisotopic (exact) mass is 227 g/mol. The fourth-order valence-electron chi connectivity index (χ4n) is 1.48. The Morgan fingerprint density at radius 1 is 1.12 bits per heavy atom. The van der Waals surface area contributed by atoms with Gasteiger partial charge in [-0.25, -0.2) is 9.97 Å². The topological polar surface area (TPSA) is 76.6 Å². The number of H-pyrrole nitrogens is 1. The minimum Gasteiger partial charge on any atom is -0.470 e. The summed E-state index contributed by atoms with van der Waals surface area (Å²) >= 11 is 0. The van der Waals surface area contributed by atoms with Crippen LogP contribution >= 0.6 is 0 Å². The van der Waals surface area contributed by atoms with Crippen LogP contribution in [0.5, 0.6) is 5.88 Å². The summed E-state index contributed by atoms with van der Waals surface area (Å²) in [5.74, 6) is 0.484. The van der Waals surface area contributed by atoms with Crippen LogP contribution in [0.25, 0.3) is 11.2 Å². The summed E-state index contributed by atoms with van der Waals surface area (Å²) in [4.78, 5) is 19.2. The van der Waals surface area contributed by atoms with Crippen molar-refractivity contribution in [3.8, 4) is 5.88 Å². The number of ether oxygens (including phenoxy) is 1. The van der Waals surface area contributed by atoms with Crippen molar-refractivity contribution in [3.05, 3.63) is 42.7 Å². The van der Waals surface area contributed by atoms with E-state index in [-0.39, 0.29) is 0 Å². The Bertz CT molecular complexity index is 622. The van der Waals surface area contributed by atoms with Gasteiger partial charge in [0.25, 0.3) is 0 Å². The van der Waals surface area contributed by atoms with Crippen LogP contribution in [0.15, 0.2) is 37.1 Å². The molecule has 0 aromatic carbocycles. The zero-order chi connectivity index (χ0) is 11.5. The van der Waals surface area contributed by atoms with E-state index in [0.29, 0.717) is 23.7 Å². The van der Waals surface area contributed by atoms with Crippen LogP contribution in [0.3, 0.4) is 0 Å². The zero-order valence-corrected chi connectivity index (χ0v) is 8.87. The first kappa shape index (κ1) is 9.71. The predicted molar refractivity (Wildman–Crippen MR) is 60.3 cm³/mol. The van der Waals surface area contributed by atoms with Gasteiger partial charge in [-0.2, -0.15) is 4.98 Å². The van der Waals surface area contributed by atoms with E-state index < -0.39 is 0 Å². The van der Waals surface area contributed by atoms with Gasteiger partial charge in [-0.15, -0.1) is 0 Å². The van der Waals surface area contributed by atoms with Gasteiger partial charge in [-0.05, 0) is 12.1 Å². The third-order valence-corrected chi connectivity index (χ3v) is 2.27. The van der Waals surface area contributed by atoms with Crippen molar-refractivity contribution in [2.75, 3.05) is 0 Å². The summed E-state index contributed by atoms with van der Waals surface area (Å²) in [5, 5.41) is 0. The van der Waals surface area contributed by atoms with E-state index >= 15 is 0 Å². The number of nitrogens with one attached hydrogen (secondary N) is 1. The molecule has 0 radical (unpaired) electrons. The molecule has 0 aliphatic rings. The van der Waals surface area contributed by atoms with Gasteiger partial charge in [-0.3, -0.25) is 4.98 Å². The normalized spacial score (nSPS) is 10.6. The van der Waals surface area contributed by atoms with Crippen LogP contribution in [0.1, 0.15) is 5.69 Å². The highest BCUT2D eigenvalue weighted by Crippen LogP contribution is 2.17. The first-order valence-electron chi connectivity index (χ1n) is 5.10. The molecule has 0 bridgehead atoms. The number of nitrogens with zero attached hydrogens (tertiary/aromatic N) is 4. The molecular formula is C11H9N5O. The molecule has 17 heavy (non-hydrogen) atoms. The number of hydrogen-bond acceptors (Lipinski definition) is 5. The number of pyridine rings is 1. The predicted octanol–water partition coefficient (Wildman–Crippen LogP) is 1.33. The maximum Gasteiger partial charge on any atom is 0.243 e. The Kier molecular flexibility index (Phi) is 2.38. The van der Waals surface area contributed by atoms with Gasteiger partial charge in [0, 0.05) is 6.20 Å². The number of aromatic amines is 1. The molecule has 1 N–H and O–H groups in total. The highest BCUT2D eigenvalue weighted by Gasteiger charge is 2.06. The first-order chi connectivity index (χ1) is 8.43. The molecule has 0 unspecified atom stereocenters. The molecular weight excluding hydrogens is 218 g/mol. The van der Waals surface area contributed by atoms with Gasteiger partial charge in [0.2, 0.25) is 5.88 Å². The SMILES string of the molecule is c1ccc(COc2ncnc3nc[nH]c23)nc1. The second kappa shape index (κ2) is 4.17. The molecule has 0 saturated carbocycles. The molecule has 0 fully saturated rings. The van der Waals surface area contributed by atoms with Crippen LogP contribution in [0.4, 0.5) is 0 Å². The van der Waals surface area contributed by atoms with Crippen molar-refractivity contribution >= 4 is 11.2 Å². The van der Waals surface area contributed by atoms with Gasteiger partial charge >= 0.3 is 0 Å². The zero-order valence-electron chi connectivity index (χ0n) is 8.87. The summed E-state index contributed by atoms with van der Waals surface area (Å²) in [6, 6.07) is 5.67. The van der Waals surface area contributed by atoms with Gasteiger partial charge in [0.15, 0.2) is 5.65 Å². The Morgan fingerprint density at radius 2 is 2.12 bits per heavy atom. The lowest BCUT2D eigenvalue weighted by Crippen LogP contribution is -2.00. The Labute approximate surface area is 96.7 Å². The number of imidazole rings is 1. The summed E-state index contributed by atoms with van der Waals surface area (Å²) in [5.41, 5.74) is 2.14. The van der Waals surface area contributed by atoms with Crippen molar-refractivity contribution in [3.63, 3.8) is 0 Å². The summed E-state index contributed by atoms with van der Waals surface area (Å²) in [7, 11) is 0. The van der Waals surface area contributed by atoms with Crippen molar-refractivity contribution in [2.24, 2.45) is 0 Å². The van der Waals surface area contributed by atoms with E-state index in [4.69, 9.17) is 4.74 Å². The number of hydrogen-bond donors (Lipinski definition) is 1. The Balaban J connectivity index is 1.84. The van der Waals surface area contributed by atoms with Crippen LogP contribution in [0, 0.1) is 0 Å². The molecule has 84 valence electrons. The average Bonchev–Trinajstić information content (AvgIpc) is 2.86. The molecule has 0 amide bonds. The van der Waals surface area contributed by atoms with E-state index in [2.05, 4.69) is 24.9 Å². The highest BCUT2D eigenvalue weighted by atomic mass is 16.5. The summed E-state index contributed by atoms with van der Waals surface area (Å²) < 4.78 is 5.58. The lowest BCUT2D eigenvalue weighted by atomic mass is 10.4. The Hall–Kier alpha value is -2.50. The molecule has 6 nitrogen and oxygen atoms in total. The van der Waals surface area contributed by atoms with Crippen LogP contribution in [0.2, 0.25) is 0 Å². The lowest BCUT2D eigenvalue weighted by Gasteiger charge is -2.04. The first-order valence-corrected chi connectivity index (χ1v) is 5.10. The van der Waals surface area contributed by atoms with Crippen LogP contribution in [-0.4, -0.2) is 24.9 Å². The summed E-state index contributed by atoms with van der Waals surface area (Å²) in [6.45, 7) is 0.367. The van der Waals surface area contributed by atoms with E-state index in [1.165, 1.54) is 6.33 Å². The van der Waals surface area contributed by atoms with Gasteiger partial charge in [0.1, 0.15) is 18.5 Å². The third kappa shape index (κ3) is 1.92. The van der Waals surface area contributed by atoms with Gasteiger partial charge in [-0.1, -0.05) is 6.07 Å². The molecule has 0 saturated heterocycles. The van der Waals surface area contributed by atoms with Crippen LogP contribution < -0.4 is 4.74 Å². The second-order valence-electron chi connectivity index (χ2n) is 3.39. The maximum absolute atomic E-state index is 5.58. The van der Waals surface area contributed by atoms with Crippen molar-refractivity contribution in [1.82, 2.24) is 24.9 Å². The molecule has 0 spiro atoms. The van der Waals surface area contributed by atoms with Crippen molar-refractivity contribution in [2.45, 2.75) is 6.61 Å². The maximum atomic E-state index is 5.58. The number of aromatic nitrogens is 5. The number of rotatable bonds is 3. The molecule has 3 aromatic heterocycles. The quantitative estimate of drug-likeness (QED) is 0.730. The standard InChI is InChI=1S/C11H9N5O/c1-2-4-12-8(3-1)5-17-11-9-10(14-6-13-9)15-7-16-11/h1-4,6-7H,5H2,(H,13,14,15,16). The largest absolute Gasteiger partial charge is 0.470 e. The fraction of sp³-hybridized carbons (Fsp3) is 0.0909. The molecule has 0 atom stereocenters. The van der Waals surface area contributed by atoms with Gasteiger partial charge in [0.05, 0.1) is 12.0 Å².